The molecule has 0 bridgehead atoms. The normalized spacial score (nSPS) is 18.8. The Bertz CT molecular complexity index is 561. The first kappa shape index (κ1) is 15.3. The molecule has 1 aliphatic rings. The van der Waals surface area contributed by atoms with Gasteiger partial charge in [0.1, 0.15) is 6.04 Å². The van der Waals surface area contributed by atoms with Crippen molar-refractivity contribution in [2.24, 2.45) is 5.41 Å². The smallest absolute Gasteiger partial charge is 0.326 e. The number of hydrogen-bond donors (Lipinski definition) is 2. The Balaban J connectivity index is 2.10. The van der Waals surface area contributed by atoms with Crippen LogP contribution in [0, 0.1) is 5.41 Å². The molecule has 21 heavy (non-hydrogen) atoms. The maximum absolute atomic E-state index is 11.7. The van der Waals surface area contributed by atoms with Crippen molar-refractivity contribution in [3.63, 3.8) is 0 Å². The average molecular weight is 287 g/mol. The van der Waals surface area contributed by atoms with E-state index in [2.05, 4.69) is 5.32 Å². The number of allylic oxidation sites excluding steroid dienone is 2. The maximum Gasteiger partial charge on any atom is 0.326 e. The molecule has 1 unspecified atom stereocenters. The Kier molecular flexibility index (Phi) is 4.46. The van der Waals surface area contributed by atoms with Crippen molar-refractivity contribution in [3.8, 4) is 0 Å². The van der Waals surface area contributed by atoms with Crippen LogP contribution in [-0.2, 0) is 16.0 Å². The lowest BCUT2D eigenvalue weighted by molar-refractivity contribution is -0.139. The fourth-order valence-corrected chi connectivity index (χ4v) is 2.71. The summed E-state index contributed by atoms with van der Waals surface area (Å²) in [6.07, 6.45) is 3.14. The molecule has 0 radical (unpaired) electrons. The summed E-state index contributed by atoms with van der Waals surface area (Å²) in [5.74, 6) is -0.854. The van der Waals surface area contributed by atoms with E-state index in [-0.39, 0.29) is 11.2 Å². The van der Waals surface area contributed by atoms with Crippen LogP contribution in [0.5, 0.6) is 0 Å². The highest BCUT2D eigenvalue weighted by Crippen LogP contribution is 2.32. The third kappa shape index (κ3) is 4.45. The molecule has 0 fully saturated rings. The summed E-state index contributed by atoms with van der Waals surface area (Å²) in [5, 5.41) is 12.4. The Hall–Kier alpha value is -2.10. The standard InChI is InChI=1S/C17H21NO3/c1-17(2)10-13(9-14(19)11-17)18-15(16(20)21)8-12-6-4-3-5-7-12/h3-7,9,15,18H,8,10-11H2,1-2H3,(H,20,21). The van der Waals surface area contributed by atoms with Gasteiger partial charge in [0, 0.05) is 24.6 Å². The lowest BCUT2D eigenvalue weighted by Gasteiger charge is -2.30. The molecule has 0 spiro atoms. The van der Waals surface area contributed by atoms with Crippen molar-refractivity contribution >= 4 is 11.8 Å². The minimum Gasteiger partial charge on any atom is -0.480 e. The van der Waals surface area contributed by atoms with Crippen LogP contribution in [0.4, 0.5) is 0 Å². The van der Waals surface area contributed by atoms with E-state index in [1.54, 1.807) is 6.08 Å². The number of ketones is 1. The zero-order valence-electron chi connectivity index (χ0n) is 12.4. The van der Waals surface area contributed by atoms with Gasteiger partial charge in [0.15, 0.2) is 5.78 Å². The Morgan fingerprint density at radius 3 is 2.52 bits per heavy atom. The Labute approximate surface area is 124 Å². The molecule has 1 aliphatic carbocycles. The second-order valence-corrected chi connectivity index (χ2v) is 6.38. The molecular formula is C17H21NO3. The van der Waals surface area contributed by atoms with Gasteiger partial charge in [-0.05, 0) is 17.4 Å². The molecule has 0 saturated carbocycles. The van der Waals surface area contributed by atoms with Gasteiger partial charge in [-0.1, -0.05) is 44.2 Å². The van der Waals surface area contributed by atoms with Crippen LogP contribution in [0.2, 0.25) is 0 Å². The number of benzene rings is 1. The zero-order valence-corrected chi connectivity index (χ0v) is 12.4. The largest absolute Gasteiger partial charge is 0.480 e. The first-order valence-corrected chi connectivity index (χ1v) is 7.12. The van der Waals surface area contributed by atoms with Gasteiger partial charge in [-0.25, -0.2) is 4.79 Å². The quantitative estimate of drug-likeness (QED) is 0.873. The van der Waals surface area contributed by atoms with Crippen molar-refractivity contribution in [1.82, 2.24) is 5.32 Å². The highest BCUT2D eigenvalue weighted by molar-refractivity contribution is 5.91. The lowest BCUT2D eigenvalue weighted by Crippen LogP contribution is -2.40. The minimum absolute atomic E-state index is 0.0533. The summed E-state index contributed by atoms with van der Waals surface area (Å²) in [7, 11) is 0. The lowest BCUT2D eigenvalue weighted by atomic mass is 9.78. The molecule has 2 rings (SSSR count). The fraction of sp³-hybridized carbons (Fsp3) is 0.412. The monoisotopic (exact) mass is 287 g/mol. The van der Waals surface area contributed by atoms with E-state index < -0.39 is 12.0 Å². The van der Waals surface area contributed by atoms with Crippen LogP contribution in [0.15, 0.2) is 42.1 Å². The van der Waals surface area contributed by atoms with E-state index in [0.29, 0.717) is 19.3 Å². The van der Waals surface area contributed by atoms with Gasteiger partial charge in [0.2, 0.25) is 0 Å². The first-order chi connectivity index (χ1) is 9.85. The molecule has 4 nitrogen and oxygen atoms in total. The van der Waals surface area contributed by atoms with Crippen molar-refractivity contribution < 1.29 is 14.7 Å². The molecule has 1 atom stereocenters. The minimum atomic E-state index is -0.907. The summed E-state index contributed by atoms with van der Waals surface area (Å²) in [6.45, 7) is 4.04. The predicted molar refractivity (Wildman–Crippen MR) is 80.8 cm³/mol. The third-order valence-corrected chi connectivity index (χ3v) is 3.60. The molecule has 0 saturated heterocycles. The SMILES string of the molecule is CC1(C)CC(=O)C=C(NC(Cc2ccccc2)C(=O)O)C1. The maximum atomic E-state index is 11.7. The van der Waals surface area contributed by atoms with E-state index in [1.807, 2.05) is 44.2 Å². The summed E-state index contributed by atoms with van der Waals surface area (Å²) >= 11 is 0. The van der Waals surface area contributed by atoms with Gasteiger partial charge in [-0.15, -0.1) is 0 Å². The number of carboxylic acids is 1. The van der Waals surface area contributed by atoms with Crippen molar-refractivity contribution in [3.05, 3.63) is 47.7 Å². The van der Waals surface area contributed by atoms with Gasteiger partial charge in [-0.3, -0.25) is 4.79 Å². The number of rotatable bonds is 5. The van der Waals surface area contributed by atoms with Crippen LogP contribution in [0.25, 0.3) is 0 Å². The number of hydrogen-bond acceptors (Lipinski definition) is 3. The van der Waals surface area contributed by atoms with E-state index >= 15 is 0 Å². The fourth-order valence-electron chi connectivity index (χ4n) is 2.71. The van der Waals surface area contributed by atoms with Crippen molar-refractivity contribution in [1.29, 1.82) is 0 Å². The topological polar surface area (TPSA) is 66.4 Å². The van der Waals surface area contributed by atoms with Crippen LogP contribution in [0.1, 0.15) is 32.3 Å². The van der Waals surface area contributed by atoms with Gasteiger partial charge in [0.25, 0.3) is 0 Å². The van der Waals surface area contributed by atoms with Gasteiger partial charge in [0.05, 0.1) is 0 Å². The van der Waals surface area contributed by atoms with E-state index in [4.69, 9.17) is 0 Å². The number of carbonyl (C=O) groups excluding carboxylic acids is 1. The van der Waals surface area contributed by atoms with Crippen molar-refractivity contribution in [2.75, 3.05) is 0 Å². The van der Waals surface area contributed by atoms with E-state index in [0.717, 1.165) is 11.3 Å². The summed E-state index contributed by atoms with van der Waals surface area (Å²) in [6, 6.07) is 8.77. The van der Waals surface area contributed by atoms with Gasteiger partial charge in [-0.2, -0.15) is 0 Å². The molecule has 4 heteroatoms. The number of carboxylic acid groups (broad SMARTS) is 1. The number of aliphatic carboxylic acids is 1. The van der Waals surface area contributed by atoms with Gasteiger partial charge >= 0.3 is 5.97 Å². The molecule has 1 aromatic carbocycles. The average Bonchev–Trinajstić information content (AvgIpc) is 2.36. The molecule has 1 aromatic rings. The molecular weight excluding hydrogens is 266 g/mol. The Morgan fingerprint density at radius 1 is 1.29 bits per heavy atom. The molecule has 0 heterocycles. The Morgan fingerprint density at radius 2 is 1.95 bits per heavy atom. The van der Waals surface area contributed by atoms with Gasteiger partial charge < -0.3 is 10.4 Å². The number of nitrogens with one attached hydrogen (secondary N) is 1. The van der Waals surface area contributed by atoms with E-state index in [9.17, 15) is 14.7 Å². The summed E-state index contributed by atoms with van der Waals surface area (Å²) < 4.78 is 0. The van der Waals surface area contributed by atoms with Crippen LogP contribution >= 0.6 is 0 Å². The number of carbonyl (C=O) groups is 2. The first-order valence-electron chi connectivity index (χ1n) is 7.12. The highest BCUT2D eigenvalue weighted by atomic mass is 16.4. The summed E-state index contributed by atoms with van der Waals surface area (Å²) in [5.41, 5.74) is 1.56. The summed E-state index contributed by atoms with van der Waals surface area (Å²) in [4.78, 5) is 23.2. The molecule has 0 aromatic heterocycles. The highest BCUT2D eigenvalue weighted by Gasteiger charge is 2.29. The molecule has 0 aliphatic heterocycles. The third-order valence-electron chi connectivity index (χ3n) is 3.60. The molecule has 0 amide bonds. The molecule has 2 N–H and O–H groups in total. The molecule has 112 valence electrons. The van der Waals surface area contributed by atoms with Crippen molar-refractivity contribution in [2.45, 2.75) is 39.2 Å². The van der Waals surface area contributed by atoms with Crippen LogP contribution < -0.4 is 5.32 Å². The van der Waals surface area contributed by atoms with E-state index in [1.165, 1.54) is 0 Å². The second-order valence-electron chi connectivity index (χ2n) is 6.38. The second kappa shape index (κ2) is 6.12. The zero-order chi connectivity index (χ0) is 15.5. The van der Waals surface area contributed by atoms with Crippen LogP contribution in [0.3, 0.4) is 0 Å². The predicted octanol–water partition coefficient (Wildman–Crippen LogP) is 2.54. The van der Waals surface area contributed by atoms with Crippen LogP contribution in [-0.4, -0.2) is 22.9 Å².